The zero-order valence-corrected chi connectivity index (χ0v) is 19.5. The minimum atomic E-state index is -0.694. The van der Waals surface area contributed by atoms with Crippen LogP contribution in [0.4, 0.5) is 4.79 Å². The number of esters is 1. The number of nitrogens with zero attached hydrogens (tertiary/aromatic N) is 1. The standard InChI is InChI=1S/C21H18ClIN2O6/c1-29-17-9-12(8-16-20(27)25(21(28)24-16)10-18(26)30-2)7-15(23)19(17)31-11-13-5-3-4-6-14(13)22/h3-9H,10-11H2,1-2H3,(H,24,28)/b16-8+. The fraction of sp³-hybridized carbons (Fsp3) is 0.190. The number of nitrogens with one attached hydrogen (secondary N) is 1. The van der Waals surface area contributed by atoms with Crippen LogP contribution in [0.5, 0.6) is 11.5 Å². The van der Waals surface area contributed by atoms with E-state index >= 15 is 0 Å². The summed E-state index contributed by atoms with van der Waals surface area (Å²) < 4.78 is 16.6. The Bertz CT molecular complexity index is 1070. The van der Waals surface area contributed by atoms with E-state index in [1.165, 1.54) is 20.3 Å². The summed E-state index contributed by atoms with van der Waals surface area (Å²) in [6.07, 6.45) is 1.50. The molecule has 2 aromatic carbocycles. The van der Waals surface area contributed by atoms with Crippen molar-refractivity contribution in [1.29, 1.82) is 0 Å². The van der Waals surface area contributed by atoms with Crippen molar-refractivity contribution in [3.8, 4) is 11.5 Å². The Morgan fingerprint density at radius 2 is 1.97 bits per heavy atom. The lowest BCUT2D eigenvalue weighted by atomic mass is 10.1. The Morgan fingerprint density at radius 1 is 1.23 bits per heavy atom. The molecule has 0 spiro atoms. The minimum absolute atomic E-state index is 0.0384. The first kappa shape index (κ1) is 22.9. The van der Waals surface area contributed by atoms with Gasteiger partial charge in [-0.05, 0) is 52.4 Å². The Balaban J connectivity index is 1.83. The topological polar surface area (TPSA) is 94.2 Å². The Kier molecular flexibility index (Phi) is 7.39. The maximum absolute atomic E-state index is 12.5. The van der Waals surface area contributed by atoms with Crippen LogP contribution in [0.15, 0.2) is 42.1 Å². The van der Waals surface area contributed by atoms with Gasteiger partial charge in [-0.2, -0.15) is 0 Å². The Morgan fingerprint density at radius 3 is 2.65 bits per heavy atom. The molecular formula is C21H18ClIN2O6. The molecule has 1 N–H and O–H groups in total. The van der Waals surface area contributed by atoms with Crippen LogP contribution < -0.4 is 14.8 Å². The quantitative estimate of drug-likeness (QED) is 0.242. The summed E-state index contributed by atoms with van der Waals surface area (Å²) in [5, 5.41) is 3.06. The van der Waals surface area contributed by atoms with Crippen LogP contribution in [0, 0.1) is 3.57 Å². The number of halogens is 2. The second kappa shape index (κ2) is 10.0. The number of methoxy groups -OCH3 is 2. The summed E-state index contributed by atoms with van der Waals surface area (Å²) in [5.41, 5.74) is 1.48. The van der Waals surface area contributed by atoms with E-state index in [1.54, 1.807) is 18.2 Å². The van der Waals surface area contributed by atoms with Gasteiger partial charge in [-0.15, -0.1) is 0 Å². The highest BCUT2D eigenvalue weighted by Crippen LogP contribution is 2.35. The third-order valence-corrected chi connectivity index (χ3v) is 5.54. The number of hydrogen-bond acceptors (Lipinski definition) is 6. The largest absolute Gasteiger partial charge is 0.493 e. The van der Waals surface area contributed by atoms with Gasteiger partial charge in [0.2, 0.25) is 0 Å². The number of ether oxygens (including phenoxy) is 3. The molecule has 3 amide bonds. The van der Waals surface area contributed by atoms with Gasteiger partial charge in [-0.25, -0.2) is 9.69 Å². The summed E-state index contributed by atoms with van der Waals surface area (Å²) in [5.74, 6) is -0.335. The lowest BCUT2D eigenvalue weighted by Gasteiger charge is -2.14. The van der Waals surface area contributed by atoms with Crippen molar-refractivity contribution < 1.29 is 28.6 Å². The minimum Gasteiger partial charge on any atom is -0.493 e. The van der Waals surface area contributed by atoms with Gasteiger partial charge in [0.05, 0.1) is 17.8 Å². The first-order chi connectivity index (χ1) is 14.8. The lowest BCUT2D eigenvalue weighted by Crippen LogP contribution is -2.36. The van der Waals surface area contributed by atoms with E-state index in [-0.39, 0.29) is 12.3 Å². The van der Waals surface area contributed by atoms with Crippen molar-refractivity contribution in [2.24, 2.45) is 0 Å². The maximum atomic E-state index is 12.5. The zero-order valence-electron chi connectivity index (χ0n) is 16.6. The molecule has 1 fully saturated rings. The fourth-order valence-corrected chi connectivity index (χ4v) is 3.78. The van der Waals surface area contributed by atoms with E-state index in [2.05, 4.69) is 32.6 Å². The molecule has 162 valence electrons. The summed E-state index contributed by atoms with van der Waals surface area (Å²) in [7, 11) is 2.69. The molecule has 2 aromatic rings. The second-order valence-corrected chi connectivity index (χ2v) is 7.94. The first-order valence-electron chi connectivity index (χ1n) is 8.99. The maximum Gasteiger partial charge on any atom is 0.329 e. The van der Waals surface area contributed by atoms with Gasteiger partial charge in [0.1, 0.15) is 18.8 Å². The molecule has 0 radical (unpaired) electrons. The number of urea groups is 1. The fourth-order valence-electron chi connectivity index (χ4n) is 2.80. The van der Waals surface area contributed by atoms with Crippen molar-refractivity contribution in [3.63, 3.8) is 0 Å². The normalized spacial score (nSPS) is 14.6. The molecule has 0 unspecified atom stereocenters. The molecule has 8 nitrogen and oxygen atoms in total. The predicted octanol–water partition coefficient (Wildman–Crippen LogP) is 3.60. The third-order valence-electron chi connectivity index (χ3n) is 4.37. The molecule has 0 bridgehead atoms. The van der Waals surface area contributed by atoms with Gasteiger partial charge >= 0.3 is 12.0 Å². The van der Waals surface area contributed by atoms with Gasteiger partial charge in [0.25, 0.3) is 5.91 Å². The highest BCUT2D eigenvalue weighted by atomic mass is 127. The highest BCUT2D eigenvalue weighted by Gasteiger charge is 2.35. The van der Waals surface area contributed by atoms with Gasteiger partial charge < -0.3 is 19.5 Å². The second-order valence-electron chi connectivity index (χ2n) is 6.37. The van der Waals surface area contributed by atoms with Gasteiger partial charge in [0, 0.05) is 10.6 Å². The summed E-state index contributed by atoms with van der Waals surface area (Å²) in [6.45, 7) is -0.211. The molecule has 10 heteroatoms. The number of imide groups is 1. The third kappa shape index (κ3) is 5.28. The molecule has 0 aliphatic carbocycles. The van der Waals surface area contributed by atoms with Crippen LogP contribution in [0.25, 0.3) is 6.08 Å². The summed E-state index contributed by atoms with van der Waals surface area (Å²) in [6, 6.07) is 10.1. The number of amides is 3. The molecular weight excluding hydrogens is 539 g/mol. The number of carbonyl (C=O) groups is 3. The van der Waals surface area contributed by atoms with E-state index in [4.69, 9.17) is 21.1 Å². The van der Waals surface area contributed by atoms with E-state index < -0.39 is 24.5 Å². The number of hydrogen-bond donors (Lipinski definition) is 1. The molecule has 0 saturated carbocycles. The Hall–Kier alpha value is -2.79. The van der Waals surface area contributed by atoms with Crippen molar-refractivity contribution in [2.45, 2.75) is 6.61 Å². The van der Waals surface area contributed by atoms with Crippen LogP contribution >= 0.6 is 34.2 Å². The van der Waals surface area contributed by atoms with Crippen molar-refractivity contribution in [1.82, 2.24) is 10.2 Å². The monoisotopic (exact) mass is 556 g/mol. The molecule has 31 heavy (non-hydrogen) atoms. The predicted molar refractivity (Wildman–Crippen MR) is 122 cm³/mol. The van der Waals surface area contributed by atoms with Crippen LogP contribution in [0.1, 0.15) is 11.1 Å². The smallest absolute Gasteiger partial charge is 0.329 e. The summed E-state index contributed by atoms with van der Waals surface area (Å²) in [4.78, 5) is 36.7. The SMILES string of the molecule is COC(=O)CN1C(=O)N/C(=C/c2cc(I)c(OCc3ccccc3Cl)c(OC)c2)C1=O. The Labute approximate surface area is 197 Å². The number of carbonyl (C=O) groups excluding carboxylic acids is 3. The average molecular weight is 557 g/mol. The molecule has 1 saturated heterocycles. The first-order valence-corrected chi connectivity index (χ1v) is 10.4. The van der Waals surface area contributed by atoms with E-state index in [0.29, 0.717) is 22.1 Å². The number of benzene rings is 2. The van der Waals surface area contributed by atoms with Crippen LogP contribution in [0.3, 0.4) is 0 Å². The van der Waals surface area contributed by atoms with Crippen LogP contribution in [0.2, 0.25) is 5.02 Å². The molecule has 0 atom stereocenters. The molecule has 1 aliphatic heterocycles. The van der Waals surface area contributed by atoms with Crippen molar-refractivity contribution in [2.75, 3.05) is 20.8 Å². The molecule has 1 aliphatic rings. The summed E-state index contributed by atoms with van der Waals surface area (Å²) >= 11 is 8.28. The van der Waals surface area contributed by atoms with Crippen molar-refractivity contribution >= 4 is 58.2 Å². The van der Waals surface area contributed by atoms with E-state index in [9.17, 15) is 14.4 Å². The molecule has 1 heterocycles. The molecule has 3 rings (SSSR count). The van der Waals surface area contributed by atoms with Gasteiger partial charge in [0.15, 0.2) is 11.5 Å². The van der Waals surface area contributed by atoms with Gasteiger partial charge in [-0.1, -0.05) is 29.8 Å². The zero-order chi connectivity index (χ0) is 22.5. The highest BCUT2D eigenvalue weighted by molar-refractivity contribution is 14.1. The average Bonchev–Trinajstić information content (AvgIpc) is 3.00. The van der Waals surface area contributed by atoms with Gasteiger partial charge in [-0.3, -0.25) is 9.59 Å². The van der Waals surface area contributed by atoms with Crippen LogP contribution in [-0.2, 0) is 20.9 Å². The van der Waals surface area contributed by atoms with E-state index in [1.807, 2.05) is 18.2 Å². The lowest BCUT2D eigenvalue weighted by molar-refractivity contribution is -0.143. The van der Waals surface area contributed by atoms with Crippen LogP contribution in [-0.4, -0.2) is 43.6 Å². The van der Waals surface area contributed by atoms with E-state index in [0.717, 1.165) is 14.0 Å². The van der Waals surface area contributed by atoms with Crippen molar-refractivity contribution in [3.05, 3.63) is 61.8 Å². The number of rotatable bonds is 7. The molecule has 0 aromatic heterocycles.